The highest BCUT2D eigenvalue weighted by Crippen LogP contribution is 2.26. The minimum Gasteiger partial charge on any atom is -0.491 e. The van der Waals surface area contributed by atoms with Gasteiger partial charge >= 0.3 is 0 Å². The number of aryl methyl sites for hydroxylation is 2. The molecule has 0 aliphatic heterocycles. The molecule has 0 saturated heterocycles. The Bertz CT molecular complexity index is 599. The summed E-state index contributed by atoms with van der Waals surface area (Å²) in [5, 5.41) is 7.99. The van der Waals surface area contributed by atoms with E-state index in [9.17, 15) is 0 Å². The fourth-order valence-corrected chi connectivity index (χ4v) is 2.39. The number of ether oxygens (including phenoxy) is 1. The van der Waals surface area contributed by atoms with Crippen molar-refractivity contribution in [3.8, 4) is 5.75 Å². The number of benzene rings is 1. The molecular formula is C17H25N3O. The molecule has 0 fully saturated rings. The largest absolute Gasteiger partial charge is 0.491 e. The monoisotopic (exact) mass is 287 g/mol. The second kappa shape index (κ2) is 6.20. The standard InChI is InChI=1S/C17H25N3O/c1-11(2)21-16-9-7-15(8-10-16)12(3)18-17-13(4)19-20(6)14(17)5/h7-12,18H,1-6H3. The summed E-state index contributed by atoms with van der Waals surface area (Å²) in [6.45, 7) is 10.3. The summed E-state index contributed by atoms with van der Waals surface area (Å²) in [7, 11) is 1.97. The van der Waals surface area contributed by atoms with Gasteiger partial charge in [0.15, 0.2) is 0 Å². The molecule has 1 aromatic carbocycles. The van der Waals surface area contributed by atoms with E-state index in [0.717, 1.165) is 22.8 Å². The van der Waals surface area contributed by atoms with Gasteiger partial charge in [0.25, 0.3) is 0 Å². The maximum absolute atomic E-state index is 5.68. The first kappa shape index (κ1) is 15.4. The molecule has 0 aliphatic carbocycles. The highest BCUT2D eigenvalue weighted by Gasteiger charge is 2.13. The van der Waals surface area contributed by atoms with Gasteiger partial charge in [0.05, 0.1) is 23.2 Å². The molecule has 2 rings (SSSR count). The second-order valence-electron chi connectivity index (χ2n) is 5.77. The molecule has 1 N–H and O–H groups in total. The molecule has 21 heavy (non-hydrogen) atoms. The summed E-state index contributed by atoms with van der Waals surface area (Å²) in [6, 6.07) is 8.49. The lowest BCUT2D eigenvalue weighted by Gasteiger charge is -2.17. The molecule has 1 heterocycles. The number of aromatic nitrogens is 2. The predicted molar refractivity (Wildman–Crippen MR) is 86.9 cm³/mol. The van der Waals surface area contributed by atoms with Crippen LogP contribution < -0.4 is 10.1 Å². The van der Waals surface area contributed by atoms with Gasteiger partial charge in [-0.3, -0.25) is 4.68 Å². The summed E-state index contributed by atoms with van der Waals surface area (Å²) < 4.78 is 7.58. The van der Waals surface area contributed by atoms with Crippen LogP contribution >= 0.6 is 0 Å². The lowest BCUT2D eigenvalue weighted by molar-refractivity contribution is 0.242. The number of anilines is 1. The molecule has 0 aliphatic rings. The first-order valence-corrected chi connectivity index (χ1v) is 7.42. The van der Waals surface area contributed by atoms with Crippen molar-refractivity contribution in [2.75, 3.05) is 5.32 Å². The second-order valence-corrected chi connectivity index (χ2v) is 5.77. The molecule has 0 saturated carbocycles. The highest BCUT2D eigenvalue weighted by molar-refractivity contribution is 5.53. The van der Waals surface area contributed by atoms with Crippen LogP contribution in [0.5, 0.6) is 5.75 Å². The number of nitrogens with zero attached hydrogens (tertiary/aromatic N) is 2. The highest BCUT2D eigenvalue weighted by atomic mass is 16.5. The first-order chi connectivity index (χ1) is 9.88. The van der Waals surface area contributed by atoms with E-state index in [1.165, 1.54) is 5.56 Å². The molecule has 114 valence electrons. The minimum atomic E-state index is 0.201. The van der Waals surface area contributed by atoms with Crippen molar-refractivity contribution in [3.63, 3.8) is 0 Å². The number of nitrogens with one attached hydrogen (secondary N) is 1. The predicted octanol–water partition coefficient (Wildman–Crippen LogP) is 4.00. The molecular weight excluding hydrogens is 262 g/mol. The third-order valence-corrected chi connectivity index (χ3v) is 3.62. The van der Waals surface area contributed by atoms with Gasteiger partial charge < -0.3 is 10.1 Å². The third-order valence-electron chi connectivity index (χ3n) is 3.62. The van der Waals surface area contributed by atoms with Gasteiger partial charge in [-0.2, -0.15) is 5.10 Å². The van der Waals surface area contributed by atoms with Gasteiger partial charge in [-0.1, -0.05) is 12.1 Å². The Morgan fingerprint density at radius 3 is 2.19 bits per heavy atom. The van der Waals surface area contributed by atoms with Crippen molar-refractivity contribution < 1.29 is 4.74 Å². The van der Waals surface area contributed by atoms with Crippen LogP contribution in [0.1, 0.15) is 43.8 Å². The van der Waals surface area contributed by atoms with Crippen LogP contribution in [0.4, 0.5) is 5.69 Å². The SMILES string of the molecule is Cc1nn(C)c(C)c1NC(C)c1ccc(OC(C)C)cc1. The number of hydrogen-bond donors (Lipinski definition) is 1. The fraction of sp³-hybridized carbons (Fsp3) is 0.471. The zero-order chi connectivity index (χ0) is 15.6. The topological polar surface area (TPSA) is 39.1 Å². The summed E-state index contributed by atoms with van der Waals surface area (Å²) in [4.78, 5) is 0. The van der Waals surface area contributed by atoms with Crippen LogP contribution in [-0.2, 0) is 7.05 Å². The molecule has 0 spiro atoms. The molecule has 2 aromatic rings. The Morgan fingerprint density at radius 1 is 1.10 bits per heavy atom. The van der Waals surface area contributed by atoms with Gasteiger partial charge in [-0.05, 0) is 52.3 Å². The molecule has 1 unspecified atom stereocenters. The van der Waals surface area contributed by atoms with E-state index in [4.69, 9.17) is 4.74 Å². The van der Waals surface area contributed by atoms with Gasteiger partial charge in [0.1, 0.15) is 5.75 Å². The Labute approximate surface area is 127 Å². The first-order valence-electron chi connectivity index (χ1n) is 7.42. The molecule has 4 heteroatoms. The Kier molecular flexibility index (Phi) is 4.56. The van der Waals surface area contributed by atoms with Crippen molar-refractivity contribution in [3.05, 3.63) is 41.2 Å². The smallest absolute Gasteiger partial charge is 0.119 e. The summed E-state index contributed by atoms with van der Waals surface area (Å²) >= 11 is 0. The van der Waals surface area contributed by atoms with Crippen molar-refractivity contribution in [2.45, 2.75) is 46.8 Å². The van der Waals surface area contributed by atoms with E-state index < -0.39 is 0 Å². The van der Waals surface area contributed by atoms with Crippen LogP contribution in [0, 0.1) is 13.8 Å². The maximum atomic E-state index is 5.68. The summed E-state index contributed by atoms with van der Waals surface area (Å²) in [5.74, 6) is 0.912. The molecule has 4 nitrogen and oxygen atoms in total. The number of hydrogen-bond acceptors (Lipinski definition) is 3. The zero-order valence-corrected chi connectivity index (χ0v) is 13.8. The maximum Gasteiger partial charge on any atom is 0.119 e. The normalized spacial score (nSPS) is 12.5. The van der Waals surface area contributed by atoms with E-state index in [2.05, 4.69) is 36.4 Å². The van der Waals surface area contributed by atoms with Crippen LogP contribution in [0.2, 0.25) is 0 Å². The Hall–Kier alpha value is -1.97. The summed E-state index contributed by atoms with van der Waals surface area (Å²) in [5.41, 5.74) is 4.53. The van der Waals surface area contributed by atoms with E-state index in [1.54, 1.807) is 0 Å². The van der Waals surface area contributed by atoms with E-state index in [-0.39, 0.29) is 12.1 Å². The Morgan fingerprint density at radius 2 is 1.71 bits per heavy atom. The lowest BCUT2D eigenvalue weighted by atomic mass is 10.1. The molecule has 1 aromatic heterocycles. The molecule has 0 bridgehead atoms. The molecule has 1 atom stereocenters. The van der Waals surface area contributed by atoms with Crippen molar-refractivity contribution in [1.29, 1.82) is 0 Å². The fourth-order valence-electron chi connectivity index (χ4n) is 2.39. The van der Waals surface area contributed by atoms with Gasteiger partial charge in [-0.15, -0.1) is 0 Å². The third kappa shape index (κ3) is 3.57. The molecule has 0 radical (unpaired) electrons. The van der Waals surface area contributed by atoms with Crippen LogP contribution in [-0.4, -0.2) is 15.9 Å². The summed E-state index contributed by atoms with van der Waals surface area (Å²) in [6.07, 6.45) is 0.201. The average molecular weight is 287 g/mol. The van der Waals surface area contributed by atoms with Gasteiger partial charge in [0, 0.05) is 13.1 Å². The minimum absolute atomic E-state index is 0.201. The van der Waals surface area contributed by atoms with Crippen molar-refractivity contribution >= 4 is 5.69 Å². The quantitative estimate of drug-likeness (QED) is 0.903. The van der Waals surface area contributed by atoms with Crippen LogP contribution in [0.25, 0.3) is 0 Å². The Balaban J connectivity index is 2.11. The van der Waals surface area contributed by atoms with Crippen LogP contribution in [0.15, 0.2) is 24.3 Å². The van der Waals surface area contributed by atoms with E-state index >= 15 is 0 Å². The average Bonchev–Trinajstić information content (AvgIpc) is 2.65. The van der Waals surface area contributed by atoms with E-state index in [0.29, 0.717) is 0 Å². The van der Waals surface area contributed by atoms with Crippen molar-refractivity contribution in [1.82, 2.24) is 9.78 Å². The van der Waals surface area contributed by atoms with Crippen molar-refractivity contribution in [2.24, 2.45) is 7.05 Å². The zero-order valence-electron chi connectivity index (χ0n) is 13.8. The van der Waals surface area contributed by atoms with Crippen LogP contribution in [0.3, 0.4) is 0 Å². The number of rotatable bonds is 5. The lowest BCUT2D eigenvalue weighted by Crippen LogP contribution is -2.09. The van der Waals surface area contributed by atoms with Gasteiger partial charge in [-0.25, -0.2) is 0 Å². The van der Waals surface area contributed by atoms with E-state index in [1.807, 2.05) is 44.6 Å². The van der Waals surface area contributed by atoms with Gasteiger partial charge in [0.2, 0.25) is 0 Å². The molecule has 0 amide bonds.